The van der Waals surface area contributed by atoms with Crippen LogP contribution in [0, 0.1) is 11.3 Å². The fourth-order valence-electron chi connectivity index (χ4n) is 1.78. The van der Waals surface area contributed by atoms with Crippen LogP contribution < -0.4 is 0 Å². The van der Waals surface area contributed by atoms with Gasteiger partial charge in [0.1, 0.15) is 0 Å². The quantitative estimate of drug-likeness (QED) is 0.634. The molecule has 0 aliphatic heterocycles. The van der Waals surface area contributed by atoms with Gasteiger partial charge in [-0.1, -0.05) is 45.1 Å². The number of allylic oxidation sites excluding steroid dienone is 2. The van der Waals surface area contributed by atoms with Crippen LogP contribution in [0.5, 0.6) is 0 Å². The monoisotopic (exact) mass is 180 g/mol. The predicted octanol–water partition coefficient (Wildman–Crippen LogP) is 3.18. The van der Waals surface area contributed by atoms with E-state index in [1.807, 2.05) is 0 Å². The summed E-state index contributed by atoms with van der Waals surface area (Å²) in [6.45, 7) is 6.81. The van der Waals surface area contributed by atoms with Crippen LogP contribution in [0.25, 0.3) is 0 Å². The van der Waals surface area contributed by atoms with Crippen LogP contribution >= 0.6 is 0 Å². The molecule has 0 aromatic rings. The van der Waals surface area contributed by atoms with Crippen LogP contribution in [0.4, 0.5) is 0 Å². The van der Waals surface area contributed by atoms with Crippen molar-refractivity contribution in [2.45, 2.75) is 33.3 Å². The maximum atomic E-state index is 5.41. The summed E-state index contributed by atoms with van der Waals surface area (Å²) in [5.74, 6) is 0.537. The zero-order valence-corrected chi connectivity index (χ0v) is 9.08. The van der Waals surface area contributed by atoms with E-state index in [0.29, 0.717) is 11.3 Å². The van der Waals surface area contributed by atoms with Gasteiger partial charge in [0.05, 0.1) is 6.10 Å². The van der Waals surface area contributed by atoms with Gasteiger partial charge in [0, 0.05) is 13.0 Å². The Morgan fingerprint density at radius 3 is 2.31 bits per heavy atom. The van der Waals surface area contributed by atoms with E-state index < -0.39 is 0 Å². The second kappa shape index (κ2) is 4.10. The average molecular weight is 180 g/mol. The van der Waals surface area contributed by atoms with E-state index in [2.05, 4.69) is 45.1 Å². The molecule has 0 N–H and O–H groups in total. The van der Waals surface area contributed by atoms with E-state index in [4.69, 9.17) is 4.74 Å². The van der Waals surface area contributed by atoms with Gasteiger partial charge in [0.2, 0.25) is 0 Å². The third-order valence-corrected chi connectivity index (χ3v) is 2.31. The molecule has 0 saturated carbocycles. The molecule has 1 aliphatic rings. The highest BCUT2D eigenvalue weighted by atomic mass is 16.5. The molecule has 1 heteroatoms. The molecule has 0 amide bonds. The standard InChI is InChI=1S/C12H20O/c1-12(2,3)9-10-7-5-6-8-11(10)13-4/h5-8,10-11H,9H2,1-4H3. The summed E-state index contributed by atoms with van der Waals surface area (Å²) >= 11 is 0. The molecule has 0 bridgehead atoms. The Kier molecular flexibility index (Phi) is 3.32. The van der Waals surface area contributed by atoms with Crippen molar-refractivity contribution in [3.05, 3.63) is 24.3 Å². The minimum absolute atomic E-state index is 0.268. The first-order valence-corrected chi connectivity index (χ1v) is 4.91. The second-order valence-corrected chi connectivity index (χ2v) is 4.90. The van der Waals surface area contributed by atoms with Crippen molar-refractivity contribution in [2.24, 2.45) is 11.3 Å². The number of hydrogen-bond acceptors (Lipinski definition) is 1. The van der Waals surface area contributed by atoms with E-state index >= 15 is 0 Å². The molecule has 0 fully saturated rings. The number of hydrogen-bond donors (Lipinski definition) is 0. The lowest BCUT2D eigenvalue weighted by Gasteiger charge is -2.29. The van der Waals surface area contributed by atoms with E-state index in [9.17, 15) is 0 Å². The fraction of sp³-hybridized carbons (Fsp3) is 0.667. The Morgan fingerprint density at radius 2 is 1.77 bits per heavy atom. The molecule has 13 heavy (non-hydrogen) atoms. The van der Waals surface area contributed by atoms with E-state index in [1.54, 1.807) is 7.11 Å². The van der Waals surface area contributed by atoms with Crippen LogP contribution in [0.15, 0.2) is 24.3 Å². The lowest BCUT2D eigenvalue weighted by Crippen LogP contribution is -2.25. The van der Waals surface area contributed by atoms with E-state index in [0.717, 1.165) is 0 Å². The molecule has 74 valence electrons. The lowest BCUT2D eigenvalue weighted by molar-refractivity contribution is 0.0878. The minimum Gasteiger partial charge on any atom is -0.377 e. The molecular formula is C12H20O. The topological polar surface area (TPSA) is 9.23 Å². The maximum absolute atomic E-state index is 5.41. The van der Waals surface area contributed by atoms with Crippen LogP contribution in [-0.4, -0.2) is 13.2 Å². The molecule has 0 saturated heterocycles. The molecule has 0 aromatic heterocycles. The van der Waals surface area contributed by atoms with Crippen LogP contribution in [0.2, 0.25) is 0 Å². The number of methoxy groups -OCH3 is 1. The lowest BCUT2D eigenvalue weighted by atomic mass is 9.81. The molecule has 0 spiro atoms. The summed E-state index contributed by atoms with van der Waals surface area (Å²) in [7, 11) is 1.78. The fourth-order valence-corrected chi connectivity index (χ4v) is 1.78. The van der Waals surface area contributed by atoms with Crippen LogP contribution in [0.3, 0.4) is 0 Å². The third-order valence-electron chi connectivity index (χ3n) is 2.31. The zero-order valence-electron chi connectivity index (χ0n) is 9.08. The van der Waals surface area contributed by atoms with Crippen molar-refractivity contribution in [2.75, 3.05) is 7.11 Å². The Morgan fingerprint density at radius 1 is 1.15 bits per heavy atom. The van der Waals surface area contributed by atoms with Gasteiger partial charge < -0.3 is 4.74 Å². The Balaban J connectivity index is 2.58. The average Bonchev–Trinajstić information content (AvgIpc) is 2.02. The van der Waals surface area contributed by atoms with Crippen molar-refractivity contribution in [1.29, 1.82) is 0 Å². The van der Waals surface area contributed by atoms with Crippen molar-refractivity contribution in [1.82, 2.24) is 0 Å². The van der Waals surface area contributed by atoms with Crippen molar-refractivity contribution in [3.8, 4) is 0 Å². The summed E-state index contributed by atoms with van der Waals surface area (Å²) in [6.07, 6.45) is 10.0. The Hall–Kier alpha value is -0.560. The molecule has 1 rings (SSSR count). The molecule has 1 nitrogen and oxygen atoms in total. The first kappa shape index (κ1) is 10.5. The third kappa shape index (κ3) is 3.35. The van der Waals surface area contributed by atoms with Crippen molar-refractivity contribution < 1.29 is 4.74 Å². The minimum atomic E-state index is 0.268. The maximum Gasteiger partial charge on any atom is 0.0817 e. The molecule has 0 heterocycles. The van der Waals surface area contributed by atoms with E-state index in [1.165, 1.54) is 6.42 Å². The van der Waals surface area contributed by atoms with Crippen molar-refractivity contribution in [3.63, 3.8) is 0 Å². The molecule has 1 aliphatic carbocycles. The highest BCUT2D eigenvalue weighted by molar-refractivity contribution is 5.15. The summed E-state index contributed by atoms with van der Waals surface area (Å²) in [5, 5.41) is 0. The molecular weight excluding hydrogens is 160 g/mol. The van der Waals surface area contributed by atoms with Gasteiger partial charge in [-0.05, 0) is 11.8 Å². The predicted molar refractivity (Wildman–Crippen MR) is 56.6 cm³/mol. The number of rotatable bonds is 2. The molecule has 0 aromatic carbocycles. The van der Waals surface area contributed by atoms with Gasteiger partial charge in [-0.2, -0.15) is 0 Å². The largest absolute Gasteiger partial charge is 0.377 e. The Bertz CT molecular complexity index is 208. The highest BCUT2D eigenvalue weighted by Gasteiger charge is 2.23. The second-order valence-electron chi connectivity index (χ2n) is 4.90. The normalized spacial score (nSPS) is 28.0. The van der Waals surface area contributed by atoms with Gasteiger partial charge in [-0.3, -0.25) is 0 Å². The smallest absolute Gasteiger partial charge is 0.0817 e. The van der Waals surface area contributed by atoms with Crippen LogP contribution in [-0.2, 0) is 4.74 Å². The van der Waals surface area contributed by atoms with Crippen LogP contribution in [0.1, 0.15) is 27.2 Å². The summed E-state index contributed by atoms with van der Waals surface area (Å²) in [4.78, 5) is 0. The summed E-state index contributed by atoms with van der Waals surface area (Å²) in [5.41, 5.74) is 0.372. The van der Waals surface area contributed by atoms with Crippen molar-refractivity contribution >= 4 is 0 Å². The molecule has 2 unspecified atom stereocenters. The molecule has 0 radical (unpaired) electrons. The van der Waals surface area contributed by atoms with E-state index in [-0.39, 0.29) is 6.10 Å². The van der Waals surface area contributed by atoms with Gasteiger partial charge in [-0.15, -0.1) is 0 Å². The van der Waals surface area contributed by atoms with Gasteiger partial charge >= 0.3 is 0 Å². The summed E-state index contributed by atoms with van der Waals surface area (Å²) in [6, 6.07) is 0. The molecule has 2 atom stereocenters. The first-order chi connectivity index (χ1) is 6.03. The van der Waals surface area contributed by atoms with Gasteiger partial charge in [0.25, 0.3) is 0 Å². The first-order valence-electron chi connectivity index (χ1n) is 4.91. The SMILES string of the molecule is COC1C=CC=CC1CC(C)(C)C. The Labute approximate surface area is 81.5 Å². The number of ether oxygens (including phenoxy) is 1. The zero-order chi connectivity index (χ0) is 9.90. The summed E-state index contributed by atoms with van der Waals surface area (Å²) < 4.78 is 5.41. The highest BCUT2D eigenvalue weighted by Crippen LogP contribution is 2.30. The van der Waals surface area contributed by atoms with Gasteiger partial charge in [-0.25, -0.2) is 0 Å². The van der Waals surface area contributed by atoms with Gasteiger partial charge in [0.15, 0.2) is 0 Å².